The van der Waals surface area contributed by atoms with Crippen LogP contribution >= 0.6 is 11.3 Å². The zero-order valence-corrected chi connectivity index (χ0v) is 17.6. The standard InChI is InChI=1S/C20H25N5O3S/c1-4-24(5-2)16(13-7-8-29-12-13)11-22-18(26)14-9-15-17(21-10-14)25(6-3)20(28)23-19(15)27/h7-10,12,16H,4-6,11H2,1-3H3,(H,22,26)(H,23,27,28). The summed E-state index contributed by atoms with van der Waals surface area (Å²) >= 11 is 1.63. The normalized spacial score (nSPS) is 12.4. The number of carbonyl (C=O) groups is 1. The van der Waals surface area contributed by atoms with E-state index in [4.69, 9.17) is 0 Å². The van der Waals surface area contributed by atoms with E-state index in [1.807, 2.05) is 5.38 Å². The fourth-order valence-electron chi connectivity index (χ4n) is 3.46. The summed E-state index contributed by atoms with van der Waals surface area (Å²) in [6.45, 7) is 8.54. The van der Waals surface area contributed by atoms with Crippen molar-refractivity contribution in [2.75, 3.05) is 19.6 Å². The molecule has 0 radical (unpaired) electrons. The maximum Gasteiger partial charge on any atom is 0.329 e. The number of carbonyl (C=O) groups excluding carboxylic acids is 1. The van der Waals surface area contributed by atoms with Crippen molar-refractivity contribution in [1.82, 2.24) is 24.8 Å². The molecule has 0 aliphatic carbocycles. The monoisotopic (exact) mass is 415 g/mol. The number of H-pyrrole nitrogens is 1. The SMILES string of the molecule is CCN(CC)C(CNC(=O)c1cnc2c(c1)c(=O)[nH]c(=O)n2CC)c1ccsc1. The van der Waals surface area contributed by atoms with Crippen molar-refractivity contribution in [3.63, 3.8) is 0 Å². The quantitative estimate of drug-likeness (QED) is 0.586. The molecule has 3 rings (SSSR count). The van der Waals surface area contributed by atoms with E-state index in [1.165, 1.54) is 22.4 Å². The van der Waals surface area contributed by atoms with Gasteiger partial charge in [-0.3, -0.25) is 24.0 Å². The number of aromatic nitrogens is 3. The van der Waals surface area contributed by atoms with Crippen LogP contribution in [-0.2, 0) is 6.54 Å². The van der Waals surface area contributed by atoms with E-state index in [0.29, 0.717) is 13.1 Å². The molecule has 0 fully saturated rings. The van der Waals surface area contributed by atoms with Crippen molar-refractivity contribution in [3.8, 4) is 0 Å². The zero-order valence-electron chi connectivity index (χ0n) is 16.8. The van der Waals surface area contributed by atoms with Crippen molar-refractivity contribution < 1.29 is 4.79 Å². The largest absolute Gasteiger partial charge is 0.350 e. The number of nitrogens with zero attached hydrogens (tertiary/aromatic N) is 3. The Hall–Kier alpha value is -2.78. The van der Waals surface area contributed by atoms with Crippen LogP contribution in [0, 0.1) is 0 Å². The molecule has 3 aromatic heterocycles. The smallest absolute Gasteiger partial charge is 0.329 e. The summed E-state index contributed by atoms with van der Waals surface area (Å²) in [7, 11) is 0. The van der Waals surface area contributed by atoms with E-state index in [2.05, 4.69) is 45.5 Å². The van der Waals surface area contributed by atoms with Gasteiger partial charge in [-0.1, -0.05) is 13.8 Å². The molecule has 1 unspecified atom stereocenters. The molecule has 3 aromatic rings. The van der Waals surface area contributed by atoms with Gasteiger partial charge in [0.05, 0.1) is 17.0 Å². The molecule has 8 nitrogen and oxygen atoms in total. The maximum absolute atomic E-state index is 12.7. The lowest BCUT2D eigenvalue weighted by Crippen LogP contribution is -2.38. The molecule has 1 amide bonds. The van der Waals surface area contributed by atoms with Crippen LogP contribution in [0.3, 0.4) is 0 Å². The Balaban J connectivity index is 1.85. The van der Waals surface area contributed by atoms with E-state index >= 15 is 0 Å². The van der Waals surface area contributed by atoms with E-state index < -0.39 is 11.2 Å². The van der Waals surface area contributed by atoms with Gasteiger partial charge in [0.25, 0.3) is 11.5 Å². The average molecular weight is 416 g/mol. The highest BCUT2D eigenvalue weighted by molar-refractivity contribution is 7.07. The first-order chi connectivity index (χ1) is 14.0. The average Bonchev–Trinajstić information content (AvgIpc) is 3.25. The van der Waals surface area contributed by atoms with Gasteiger partial charge in [-0.15, -0.1) is 0 Å². The molecule has 3 heterocycles. The minimum atomic E-state index is -0.545. The fraction of sp³-hybridized carbons (Fsp3) is 0.400. The predicted octanol–water partition coefficient (Wildman–Crippen LogP) is 1.98. The Labute approximate surface area is 172 Å². The van der Waals surface area contributed by atoms with E-state index in [1.54, 1.807) is 18.3 Å². The Bertz CT molecular complexity index is 1100. The molecule has 0 aliphatic heterocycles. The molecule has 0 spiro atoms. The first-order valence-electron chi connectivity index (χ1n) is 9.67. The van der Waals surface area contributed by atoms with Crippen molar-refractivity contribution >= 4 is 28.3 Å². The van der Waals surface area contributed by atoms with Gasteiger partial charge < -0.3 is 5.32 Å². The number of rotatable bonds is 8. The van der Waals surface area contributed by atoms with Gasteiger partial charge in [-0.2, -0.15) is 11.3 Å². The van der Waals surface area contributed by atoms with Gasteiger partial charge >= 0.3 is 5.69 Å². The first kappa shape index (κ1) is 20.9. The van der Waals surface area contributed by atoms with Crippen molar-refractivity contribution in [1.29, 1.82) is 0 Å². The highest BCUT2D eigenvalue weighted by Crippen LogP contribution is 2.22. The predicted molar refractivity (Wildman–Crippen MR) is 115 cm³/mol. The Morgan fingerprint density at radius 1 is 1.31 bits per heavy atom. The molecule has 0 bridgehead atoms. The Morgan fingerprint density at radius 3 is 2.69 bits per heavy atom. The Kier molecular flexibility index (Phi) is 6.60. The van der Waals surface area contributed by atoms with Gasteiger partial charge in [-0.05, 0) is 48.5 Å². The summed E-state index contributed by atoms with van der Waals surface area (Å²) in [4.78, 5) is 45.6. The lowest BCUT2D eigenvalue weighted by molar-refractivity contribution is 0.0935. The van der Waals surface area contributed by atoms with E-state index in [-0.39, 0.29) is 28.5 Å². The summed E-state index contributed by atoms with van der Waals surface area (Å²) in [5.41, 5.74) is 0.674. The van der Waals surface area contributed by atoms with Crippen LogP contribution in [0.2, 0.25) is 0 Å². The minimum absolute atomic E-state index is 0.0716. The summed E-state index contributed by atoms with van der Waals surface area (Å²) in [6.07, 6.45) is 1.40. The third-order valence-electron chi connectivity index (χ3n) is 5.05. The van der Waals surface area contributed by atoms with Gasteiger partial charge in [-0.25, -0.2) is 9.78 Å². The number of thiophene rings is 1. The molecule has 29 heavy (non-hydrogen) atoms. The van der Waals surface area contributed by atoms with Gasteiger partial charge in [0.2, 0.25) is 0 Å². The van der Waals surface area contributed by atoms with Crippen LogP contribution in [0.1, 0.15) is 42.7 Å². The second-order valence-corrected chi connectivity index (χ2v) is 7.38. The number of pyridine rings is 1. The van der Waals surface area contributed by atoms with Gasteiger partial charge in [0.1, 0.15) is 5.65 Å². The van der Waals surface area contributed by atoms with Gasteiger partial charge in [0.15, 0.2) is 0 Å². The highest BCUT2D eigenvalue weighted by Gasteiger charge is 2.20. The summed E-state index contributed by atoms with van der Waals surface area (Å²) in [6, 6.07) is 3.63. The third-order valence-corrected chi connectivity index (χ3v) is 5.75. The zero-order chi connectivity index (χ0) is 21.0. The molecule has 0 saturated carbocycles. The molecule has 0 saturated heterocycles. The molecule has 0 aliphatic rings. The first-order valence-corrected chi connectivity index (χ1v) is 10.6. The number of likely N-dealkylation sites (N-methyl/N-ethyl adjacent to an activating group) is 1. The van der Waals surface area contributed by atoms with Crippen LogP contribution in [0.4, 0.5) is 0 Å². The lowest BCUT2D eigenvalue weighted by Gasteiger charge is -2.29. The Morgan fingerprint density at radius 2 is 2.07 bits per heavy atom. The summed E-state index contributed by atoms with van der Waals surface area (Å²) < 4.78 is 1.37. The number of fused-ring (bicyclic) bond motifs is 1. The van der Waals surface area contributed by atoms with Gasteiger partial charge in [0, 0.05) is 19.3 Å². The maximum atomic E-state index is 12.7. The van der Waals surface area contributed by atoms with Crippen molar-refractivity contribution in [3.05, 3.63) is 61.1 Å². The molecule has 154 valence electrons. The number of nitrogens with one attached hydrogen (secondary N) is 2. The van der Waals surface area contributed by atoms with Crippen LogP contribution in [0.15, 0.2) is 38.7 Å². The van der Waals surface area contributed by atoms with Crippen molar-refractivity contribution in [2.24, 2.45) is 0 Å². The molecule has 9 heteroatoms. The minimum Gasteiger partial charge on any atom is -0.350 e. The van der Waals surface area contributed by atoms with Crippen LogP contribution in [-0.4, -0.2) is 45.0 Å². The number of hydrogen-bond acceptors (Lipinski definition) is 6. The molecule has 1 atom stereocenters. The van der Waals surface area contributed by atoms with Crippen LogP contribution in [0.5, 0.6) is 0 Å². The second-order valence-electron chi connectivity index (χ2n) is 6.60. The third kappa shape index (κ3) is 4.30. The topological polar surface area (TPSA) is 100 Å². The lowest BCUT2D eigenvalue weighted by atomic mass is 10.1. The molecular weight excluding hydrogens is 390 g/mol. The number of aryl methyl sites for hydroxylation is 1. The molecular formula is C20H25N5O3S. The van der Waals surface area contributed by atoms with Crippen molar-refractivity contribution in [2.45, 2.75) is 33.4 Å². The number of amides is 1. The molecule has 0 aromatic carbocycles. The summed E-state index contributed by atoms with van der Waals surface area (Å²) in [5.74, 6) is -0.305. The highest BCUT2D eigenvalue weighted by atomic mass is 32.1. The van der Waals surface area contributed by atoms with E-state index in [0.717, 1.165) is 13.1 Å². The summed E-state index contributed by atoms with van der Waals surface area (Å²) in [5, 5.41) is 7.31. The van der Waals surface area contributed by atoms with Crippen LogP contribution < -0.4 is 16.6 Å². The number of aromatic amines is 1. The fourth-order valence-corrected chi connectivity index (χ4v) is 4.17. The second kappa shape index (κ2) is 9.15. The number of hydrogen-bond donors (Lipinski definition) is 2. The van der Waals surface area contributed by atoms with E-state index in [9.17, 15) is 14.4 Å². The van der Waals surface area contributed by atoms with Crippen LogP contribution in [0.25, 0.3) is 11.0 Å². The molecule has 2 N–H and O–H groups in total.